The predicted molar refractivity (Wildman–Crippen MR) is 185 cm³/mol. The van der Waals surface area contributed by atoms with Crippen LogP contribution in [-0.2, 0) is 19.1 Å². The van der Waals surface area contributed by atoms with Crippen molar-refractivity contribution in [2.45, 2.75) is 107 Å². The minimum absolute atomic E-state index is 0. The first-order chi connectivity index (χ1) is 21.4. The maximum Gasteiger partial charge on any atom is 0.309 e. The normalized spacial score (nSPS) is 38.7. The fraction of sp³-hybridized carbons (Fsp3) is 0.622. The molecule has 2 aromatic rings. The molecule has 4 saturated carbocycles. The number of esters is 1. The molecule has 1 aromatic carbocycles. The zero-order chi connectivity index (χ0) is 31.8. The lowest BCUT2D eigenvalue weighted by Gasteiger charge is -2.64. The van der Waals surface area contributed by atoms with Crippen LogP contribution in [-0.4, -0.2) is 50.0 Å². The SMILES string of the molecule is C.C[C@@H]1CC2C3CCC4=CC(=O)C=CC4(C)[C@@]3(Cl)[C@@H](O)CC2(C)[C@@]1(OC(=O)C1CCCCC1)C(=O)CSc1nc2ccccc2s1. The minimum atomic E-state index is -1.38. The molecule has 6 nitrogen and oxygen atoms in total. The van der Waals surface area contributed by atoms with Crippen molar-refractivity contribution < 1.29 is 24.2 Å². The molecule has 0 radical (unpaired) electrons. The van der Waals surface area contributed by atoms with E-state index < -0.39 is 27.4 Å². The molecule has 5 aliphatic rings. The topological polar surface area (TPSA) is 93.6 Å². The number of carbonyl (C=O) groups excluding carboxylic acids is 3. The number of thiazole rings is 1. The van der Waals surface area contributed by atoms with Gasteiger partial charge in [-0.15, -0.1) is 22.9 Å². The first-order valence-corrected chi connectivity index (χ1v) is 18.7. The molecule has 4 fully saturated rings. The molecule has 9 heteroatoms. The summed E-state index contributed by atoms with van der Waals surface area (Å²) in [5, 5.41) is 12.2. The molecule has 5 aliphatic carbocycles. The fourth-order valence-corrected chi connectivity index (χ4v) is 12.7. The Morgan fingerprint density at radius 3 is 2.61 bits per heavy atom. The molecule has 1 aromatic heterocycles. The third kappa shape index (κ3) is 4.82. The number of ketones is 2. The average molecular weight is 684 g/mol. The highest BCUT2D eigenvalue weighted by atomic mass is 35.5. The van der Waals surface area contributed by atoms with Crippen LogP contribution >= 0.6 is 34.7 Å². The Bertz CT molecular complexity index is 1580. The van der Waals surface area contributed by atoms with Gasteiger partial charge in [0.15, 0.2) is 21.5 Å². The maximum atomic E-state index is 14.8. The quantitative estimate of drug-likeness (QED) is 0.186. The van der Waals surface area contributed by atoms with E-state index in [0.29, 0.717) is 19.3 Å². The first kappa shape index (κ1) is 33.9. The Morgan fingerprint density at radius 2 is 1.87 bits per heavy atom. The molecular weight excluding hydrogens is 638 g/mol. The summed E-state index contributed by atoms with van der Waals surface area (Å²) in [7, 11) is 0. The number of benzene rings is 1. The molecule has 0 spiro atoms. The Labute approximate surface area is 285 Å². The van der Waals surface area contributed by atoms with E-state index in [1.165, 1.54) is 11.8 Å². The second-order valence-corrected chi connectivity index (χ2v) is 17.4. The molecule has 248 valence electrons. The second kappa shape index (κ2) is 12.2. The standard InChI is InChI=1S/C36H42ClNO5S2.CH4/c1-21-17-26-25-14-13-23-18-24(39)15-16-33(23,2)35(25,37)29(40)19-34(26,3)36(21,43-31(42)22-9-5-4-6-10-22)30(41)20-44-32-38-27-11-7-8-12-28(27)45-32;/h7-8,11-12,15-16,18,21-22,25-26,29,40H,4-6,9-10,13-14,17,19-20H2,1-3H3;1H4/t21-,25?,26?,29+,33?,34?,35+,36+;/m1./s1. The van der Waals surface area contributed by atoms with Gasteiger partial charge < -0.3 is 9.84 Å². The third-order valence-electron chi connectivity index (χ3n) is 12.4. The van der Waals surface area contributed by atoms with E-state index in [9.17, 15) is 19.5 Å². The van der Waals surface area contributed by atoms with Gasteiger partial charge in [0.2, 0.25) is 0 Å². The fourth-order valence-electron chi connectivity index (χ4n) is 10.1. The molecule has 4 unspecified atom stereocenters. The van der Waals surface area contributed by atoms with E-state index in [2.05, 4.69) is 13.8 Å². The van der Waals surface area contributed by atoms with Gasteiger partial charge in [0.1, 0.15) is 0 Å². The van der Waals surface area contributed by atoms with Crippen molar-refractivity contribution in [3.05, 3.63) is 48.1 Å². The number of hydrogen-bond donors (Lipinski definition) is 1. The third-order valence-corrected chi connectivity index (χ3v) is 15.5. The van der Waals surface area contributed by atoms with Gasteiger partial charge in [-0.2, -0.15) is 0 Å². The molecule has 0 aliphatic heterocycles. The number of Topliss-reactive ketones (excluding diaryl/α,β-unsaturated/α-hetero) is 1. The zero-order valence-corrected chi connectivity index (χ0v) is 28.6. The largest absolute Gasteiger partial charge is 0.450 e. The molecule has 0 amide bonds. The Kier molecular flexibility index (Phi) is 8.95. The highest BCUT2D eigenvalue weighted by Gasteiger charge is 2.76. The maximum absolute atomic E-state index is 14.8. The highest BCUT2D eigenvalue weighted by molar-refractivity contribution is 8.01. The van der Waals surface area contributed by atoms with Crippen molar-refractivity contribution in [2.75, 3.05) is 5.75 Å². The van der Waals surface area contributed by atoms with Gasteiger partial charge in [-0.3, -0.25) is 14.4 Å². The number of alkyl halides is 1. The van der Waals surface area contributed by atoms with Crippen LogP contribution in [0.4, 0.5) is 0 Å². The Balaban J connectivity index is 0.00000372. The number of aromatic nitrogens is 1. The van der Waals surface area contributed by atoms with Crippen molar-refractivity contribution in [2.24, 2.45) is 34.5 Å². The summed E-state index contributed by atoms with van der Waals surface area (Å²) in [6.45, 7) is 6.17. The number of aliphatic hydroxyl groups excluding tert-OH is 1. The van der Waals surface area contributed by atoms with Gasteiger partial charge in [-0.1, -0.05) is 83.0 Å². The number of nitrogens with zero attached hydrogens (tertiary/aromatic N) is 1. The lowest BCUT2D eigenvalue weighted by Crippen LogP contribution is -2.69. The number of rotatable bonds is 6. The smallest absolute Gasteiger partial charge is 0.309 e. The van der Waals surface area contributed by atoms with Gasteiger partial charge in [-0.05, 0) is 74.6 Å². The summed E-state index contributed by atoms with van der Waals surface area (Å²) in [4.78, 5) is 44.8. The van der Waals surface area contributed by atoms with E-state index in [0.717, 1.165) is 52.2 Å². The van der Waals surface area contributed by atoms with Crippen LogP contribution in [0.5, 0.6) is 0 Å². The van der Waals surface area contributed by atoms with Crippen LogP contribution < -0.4 is 0 Å². The summed E-state index contributed by atoms with van der Waals surface area (Å²) >= 11 is 10.7. The van der Waals surface area contributed by atoms with Crippen LogP contribution in [0, 0.1) is 34.5 Å². The van der Waals surface area contributed by atoms with Crippen molar-refractivity contribution in [3.63, 3.8) is 0 Å². The summed E-state index contributed by atoms with van der Waals surface area (Å²) in [5.74, 6) is -0.918. The van der Waals surface area contributed by atoms with Crippen molar-refractivity contribution in [1.82, 2.24) is 4.98 Å². The van der Waals surface area contributed by atoms with Gasteiger partial charge >= 0.3 is 5.97 Å². The van der Waals surface area contributed by atoms with Gasteiger partial charge in [0, 0.05) is 16.7 Å². The molecule has 0 bridgehead atoms. The van der Waals surface area contributed by atoms with E-state index in [-0.39, 0.29) is 60.8 Å². The van der Waals surface area contributed by atoms with Crippen LogP contribution in [0.3, 0.4) is 0 Å². The number of allylic oxidation sites excluding steroid dienone is 4. The van der Waals surface area contributed by atoms with Crippen LogP contribution in [0.1, 0.15) is 86.0 Å². The lowest BCUT2D eigenvalue weighted by atomic mass is 9.45. The lowest BCUT2D eigenvalue weighted by molar-refractivity contribution is -0.204. The molecule has 0 saturated heterocycles. The summed E-state index contributed by atoms with van der Waals surface area (Å²) in [6, 6.07) is 7.94. The van der Waals surface area contributed by atoms with E-state index in [1.54, 1.807) is 23.5 Å². The van der Waals surface area contributed by atoms with E-state index in [1.807, 2.05) is 37.3 Å². The number of halogens is 1. The second-order valence-electron chi connectivity index (χ2n) is 14.6. The summed E-state index contributed by atoms with van der Waals surface area (Å²) < 4.78 is 8.58. The molecule has 8 atom stereocenters. The number of fused-ring (bicyclic) bond motifs is 6. The number of para-hydroxylation sites is 1. The highest BCUT2D eigenvalue weighted by Crippen LogP contribution is 2.72. The molecule has 1 heterocycles. The van der Waals surface area contributed by atoms with E-state index >= 15 is 0 Å². The van der Waals surface area contributed by atoms with Crippen molar-refractivity contribution >= 4 is 62.5 Å². The predicted octanol–water partition coefficient (Wildman–Crippen LogP) is 8.34. The molecule has 7 rings (SSSR count). The Morgan fingerprint density at radius 1 is 1.13 bits per heavy atom. The van der Waals surface area contributed by atoms with E-state index in [4.69, 9.17) is 21.3 Å². The molecule has 1 N–H and O–H groups in total. The molecule has 46 heavy (non-hydrogen) atoms. The average Bonchev–Trinajstić information content (AvgIpc) is 3.54. The number of hydrogen-bond acceptors (Lipinski definition) is 8. The van der Waals surface area contributed by atoms with Gasteiger partial charge in [0.25, 0.3) is 0 Å². The van der Waals surface area contributed by atoms with Gasteiger partial charge in [-0.25, -0.2) is 4.98 Å². The zero-order valence-electron chi connectivity index (χ0n) is 26.2. The molecular formula is C37H46ClNO5S2. The number of aliphatic hydroxyl groups is 1. The van der Waals surface area contributed by atoms with Crippen LogP contribution in [0.15, 0.2) is 52.4 Å². The summed E-state index contributed by atoms with van der Waals surface area (Å²) in [6.07, 6.45) is 11.2. The van der Waals surface area contributed by atoms with Crippen LogP contribution in [0.2, 0.25) is 0 Å². The van der Waals surface area contributed by atoms with Gasteiger partial charge in [0.05, 0.1) is 32.9 Å². The number of thioether (sulfide) groups is 1. The minimum Gasteiger partial charge on any atom is -0.450 e. The summed E-state index contributed by atoms with van der Waals surface area (Å²) in [5.41, 5.74) is -1.01. The van der Waals surface area contributed by atoms with Crippen molar-refractivity contribution in [3.8, 4) is 0 Å². The van der Waals surface area contributed by atoms with Crippen molar-refractivity contribution in [1.29, 1.82) is 0 Å². The first-order valence-electron chi connectivity index (χ1n) is 16.5. The Hall–Kier alpha value is -2.00. The number of ether oxygens (including phenoxy) is 1. The monoisotopic (exact) mass is 683 g/mol. The number of carbonyl (C=O) groups is 3. The van der Waals surface area contributed by atoms with Crippen LogP contribution in [0.25, 0.3) is 10.2 Å².